The van der Waals surface area contributed by atoms with Crippen LogP contribution in [0.1, 0.15) is 70.0 Å². The third-order valence-electron chi connectivity index (χ3n) is 6.96. The Kier molecular flexibility index (Phi) is 7.84. The van der Waals surface area contributed by atoms with E-state index in [1.165, 1.54) is 5.56 Å². The molecule has 0 fully saturated rings. The molecule has 0 aliphatic carbocycles. The number of ether oxygens (including phenoxy) is 1. The van der Waals surface area contributed by atoms with Gasteiger partial charge in [0.2, 0.25) is 0 Å². The summed E-state index contributed by atoms with van der Waals surface area (Å²) in [4.78, 5) is 18.5. The van der Waals surface area contributed by atoms with Gasteiger partial charge in [0.05, 0.1) is 18.7 Å². The largest absolute Gasteiger partial charge is 0.497 e. The van der Waals surface area contributed by atoms with E-state index in [-0.39, 0.29) is 17.1 Å². The molecule has 4 aromatic rings. The summed E-state index contributed by atoms with van der Waals surface area (Å²) < 4.78 is 7.36. The molecule has 1 atom stereocenters. The third-order valence-corrected chi connectivity index (χ3v) is 6.96. The second-order valence-corrected chi connectivity index (χ2v) is 9.89. The van der Waals surface area contributed by atoms with Crippen LogP contribution in [0.25, 0.3) is 10.9 Å². The average molecular weight is 489 g/mol. The van der Waals surface area contributed by atoms with Crippen LogP contribution in [0.15, 0.2) is 59.4 Å². The Morgan fingerprint density at radius 2 is 1.86 bits per heavy atom. The first-order valence-electron chi connectivity index (χ1n) is 12.6. The fourth-order valence-corrected chi connectivity index (χ4v) is 4.52. The van der Waals surface area contributed by atoms with Crippen molar-refractivity contribution < 1.29 is 4.74 Å². The zero-order valence-electron chi connectivity index (χ0n) is 21.9. The molecule has 2 heterocycles. The first-order chi connectivity index (χ1) is 17.4. The zero-order chi connectivity index (χ0) is 25.7. The van der Waals surface area contributed by atoms with E-state index in [0.717, 1.165) is 41.7 Å². The van der Waals surface area contributed by atoms with Crippen molar-refractivity contribution in [3.8, 4) is 5.75 Å². The van der Waals surface area contributed by atoms with Gasteiger partial charge in [-0.05, 0) is 66.9 Å². The molecule has 0 amide bonds. The van der Waals surface area contributed by atoms with Gasteiger partial charge in [0.15, 0.2) is 5.82 Å². The van der Waals surface area contributed by atoms with Gasteiger partial charge < -0.3 is 9.72 Å². The number of tetrazole rings is 1. The van der Waals surface area contributed by atoms with E-state index in [1.807, 2.05) is 47.1 Å². The highest BCUT2D eigenvalue weighted by Crippen LogP contribution is 2.31. The predicted octanol–water partition coefficient (Wildman–Crippen LogP) is 5.21. The van der Waals surface area contributed by atoms with Crippen molar-refractivity contribution in [3.63, 3.8) is 0 Å². The first kappa shape index (κ1) is 25.6. The SMILES string of the molecule is CCC[C@@H](c1nnnn1C(C)(C)CC)N(Cc1ccccc1)Cc1cc2cc(OC)ccc2[nH]c1=O. The van der Waals surface area contributed by atoms with Crippen LogP contribution < -0.4 is 10.3 Å². The molecule has 2 aromatic heterocycles. The molecule has 8 nitrogen and oxygen atoms in total. The Morgan fingerprint density at radius 3 is 2.56 bits per heavy atom. The van der Waals surface area contributed by atoms with Gasteiger partial charge >= 0.3 is 0 Å². The predicted molar refractivity (Wildman–Crippen MR) is 142 cm³/mol. The van der Waals surface area contributed by atoms with Crippen molar-refractivity contribution in [2.45, 2.75) is 71.6 Å². The van der Waals surface area contributed by atoms with Crippen LogP contribution >= 0.6 is 0 Å². The lowest BCUT2D eigenvalue weighted by atomic mass is 10.00. The van der Waals surface area contributed by atoms with Crippen LogP contribution in [0.5, 0.6) is 5.75 Å². The molecule has 0 radical (unpaired) electrons. The summed E-state index contributed by atoms with van der Waals surface area (Å²) in [6.45, 7) is 9.74. The molecule has 0 bridgehead atoms. The number of rotatable bonds is 11. The Labute approximate surface area is 212 Å². The lowest BCUT2D eigenvalue weighted by Gasteiger charge is -2.33. The Hall–Kier alpha value is -3.52. The van der Waals surface area contributed by atoms with Gasteiger partial charge in [0, 0.05) is 29.6 Å². The summed E-state index contributed by atoms with van der Waals surface area (Å²) in [5, 5.41) is 13.9. The number of nitrogens with one attached hydrogen (secondary N) is 1. The maximum atomic E-state index is 13.2. The fourth-order valence-electron chi connectivity index (χ4n) is 4.52. The average Bonchev–Trinajstić information content (AvgIpc) is 3.38. The zero-order valence-corrected chi connectivity index (χ0v) is 21.9. The van der Waals surface area contributed by atoms with Crippen molar-refractivity contribution in [2.75, 3.05) is 7.11 Å². The van der Waals surface area contributed by atoms with Crippen LogP contribution in [0.2, 0.25) is 0 Å². The molecule has 4 rings (SSSR count). The Morgan fingerprint density at radius 1 is 1.08 bits per heavy atom. The standard InChI is InChI=1S/C28H36N6O2/c1-6-11-25(26-30-31-32-34(26)28(3,4)7-2)33(18-20-12-9-8-10-13-20)19-22-16-21-17-23(36-5)14-15-24(21)29-27(22)35/h8-10,12-17,25H,6-7,11,18-19H2,1-5H3,(H,29,35)/t25-/m0/s1. The van der Waals surface area contributed by atoms with E-state index >= 15 is 0 Å². The molecule has 0 unspecified atom stereocenters. The summed E-state index contributed by atoms with van der Waals surface area (Å²) in [5.74, 6) is 1.59. The van der Waals surface area contributed by atoms with E-state index in [9.17, 15) is 4.79 Å². The number of aromatic nitrogens is 5. The van der Waals surface area contributed by atoms with Crippen molar-refractivity contribution in [1.82, 2.24) is 30.1 Å². The Balaban J connectivity index is 1.79. The van der Waals surface area contributed by atoms with E-state index in [2.05, 4.69) is 65.2 Å². The van der Waals surface area contributed by atoms with E-state index in [4.69, 9.17) is 4.74 Å². The van der Waals surface area contributed by atoms with Crippen molar-refractivity contribution in [1.29, 1.82) is 0 Å². The highest BCUT2D eigenvalue weighted by molar-refractivity contribution is 5.80. The van der Waals surface area contributed by atoms with Gasteiger partial charge in [0.25, 0.3) is 5.56 Å². The van der Waals surface area contributed by atoms with Crippen LogP contribution in [-0.4, -0.2) is 37.2 Å². The topological polar surface area (TPSA) is 88.9 Å². The Bertz CT molecular complexity index is 1350. The molecular weight excluding hydrogens is 452 g/mol. The summed E-state index contributed by atoms with van der Waals surface area (Å²) in [5.41, 5.74) is 2.35. The van der Waals surface area contributed by atoms with E-state index in [0.29, 0.717) is 18.7 Å². The molecule has 1 N–H and O–H groups in total. The third kappa shape index (κ3) is 5.49. The highest BCUT2D eigenvalue weighted by atomic mass is 16.5. The van der Waals surface area contributed by atoms with Gasteiger partial charge in [-0.15, -0.1) is 5.10 Å². The number of hydrogen-bond donors (Lipinski definition) is 1. The lowest BCUT2D eigenvalue weighted by molar-refractivity contribution is 0.145. The van der Waals surface area contributed by atoms with Gasteiger partial charge in [0.1, 0.15) is 5.75 Å². The summed E-state index contributed by atoms with van der Waals surface area (Å²) in [6, 6.07) is 17.9. The minimum Gasteiger partial charge on any atom is -0.497 e. The second-order valence-electron chi connectivity index (χ2n) is 9.89. The summed E-state index contributed by atoms with van der Waals surface area (Å²) in [6.07, 6.45) is 2.72. The van der Waals surface area contributed by atoms with Crippen LogP contribution in [0.4, 0.5) is 0 Å². The maximum absolute atomic E-state index is 13.2. The maximum Gasteiger partial charge on any atom is 0.252 e. The van der Waals surface area contributed by atoms with Crippen LogP contribution in [0.3, 0.4) is 0 Å². The van der Waals surface area contributed by atoms with E-state index < -0.39 is 0 Å². The molecule has 0 saturated carbocycles. The van der Waals surface area contributed by atoms with Gasteiger partial charge in [-0.2, -0.15) is 0 Å². The number of pyridine rings is 1. The summed E-state index contributed by atoms with van der Waals surface area (Å²) >= 11 is 0. The van der Waals surface area contributed by atoms with E-state index in [1.54, 1.807) is 7.11 Å². The minimum absolute atomic E-state index is 0.0589. The number of aromatic amines is 1. The number of benzene rings is 2. The molecule has 36 heavy (non-hydrogen) atoms. The molecule has 190 valence electrons. The van der Waals surface area contributed by atoms with Gasteiger partial charge in [-0.3, -0.25) is 9.69 Å². The molecule has 0 aliphatic rings. The first-order valence-corrected chi connectivity index (χ1v) is 12.6. The monoisotopic (exact) mass is 488 g/mol. The van der Waals surface area contributed by atoms with Gasteiger partial charge in [-0.25, -0.2) is 4.68 Å². The quantitative estimate of drug-likeness (QED) is 0.312. The molecular formula is C28H36N6O2. The number of H-pyrrole nitrogens is 1. The number of hydrogen-bond acceptors (Lipinski definition) is 6. The lowest BCUT2D eigenvalue weighted by Crippen LogP contribution is -2.36. The molecule has 8 heteroatoms. The number of nitrogens with zero attached hydrogens (tertiary/aromatic N) is 5. The van der Waals surface area contributed by atoms with Crippen LogP contribution in [0, 0.1) is 0 Å². The normalized spacial score (nSPS) is 12.8. The van der Waals surface area contributed by atoms with Crippen molar-refractivity contribution >= 4 is 10.9 Å². The van der Waals surface area contributed by atoms with Crippen molar-refractivity contribution in [3.05, 3.63) is 81.9 Å². The molecule has 2 aromatic carbocycles. The number of methoxy groups -OCH3 is 1. The smallest absolute Gasteiger partial charge is 0.252 e. The highest BCUT2D eigenvalue weighted by Gasteiger charge is 2.31. The second kappa shape index (κ2) is 11.0. The molecule has 0 spiro atoms. The fraction of sp³-hybridized carbons (Fsp3) is 0.429. The number of fused-ring (bicyclic) bond motifs is 1. The molecule has 0 saturated heterocycles. The van der Waals surface area contributed by atoms with Gasteiger partial charge in [-0.1, -0.05) is 50.6 Å². The molecule has 0 aliphatic heterocycles. The minimum atomic E-state index is -0.222. The van der Waals surface area contributed by atoms with Crippen molar-refractivity contribution in [2.24, 2.45) is 0 Å². The summed E-state index contributed by atoms with van der Waals surface area (Å²) in [7, 11) is 1.65. The van der Waals surface area contributed by atoms with Crippen LogP contribution in [-0.2, 0) is 18.6 Å².